The molecule has 0 spiro atoms. The van der Waals surface area contributed by atoms with E-state index in [0.717, 1.165) is 7.11 Å². The quantitative estimate of drug-likeness (QED) is 0.343. The van der Waals surface area contributed by atoms with Gasteiger partial charge in [-0.25, -0.2) is 22.4 Å². The van der Waals surface area contributed by atoms with Crippen LogP contribution in [0.4, 0.5) is 17.6 Å². The summed E-state index contributed by atoms with van der Waals surface area (Å²) in [6, 6.07) is 13.9. The van der Waals surface area contributed by atoms with Crippen LogP contribution >= 0.6 is 0 Å². The first kappa shape index (κ1) is 18.4. The molecule has 0 unspecified atom stereocenters. The van der Waals surface area contributed by atoms with E-state index in [1.807, 2.05) is 0 Å². The van der Waals surface area contributed by atoms with Crippen LogP contribution in [-0.2, 0) is 4.74 Å². The van der Waals surface area contributed by atoms with Gasteiger partial charge in [-0.1, -0.05) is 36.4 Å². The molecular weight excluding hydrogens is 364 g/mol. The van der Waals surface area contributed by atoms with E-state index in [9.17, 15) is 22.4 Å². The third kappa shape index (κ3) is 3.36. The number of carbonyl (C=O) groups is 1. The molecule has 0 atom stereocenters. The average Bonchev–Trinajstić information content (AvgIpc) is 2.68. The van der Waals surface area contributed by atoms with E-state index in [0.29, 0.717) is 5.75 Å². The Balaban J connectivity index is 2.20. The lowest BCUT2D eigenvalue weighted by atomic mass is 10.00. The normalized spacial score (nSPS) is 10.6. The van der Waals surface area contributed by atoms with Crippen LogP contribution in [0.3, 0.4) is 0 Å². The monoisotopic (exact) mass is 376 g/mol. The van der Waals surface area contributed by atoms with Gasteiger partial charge < -0.3 is 9.47 Å². The van der Waals surface area contributed by atoms with Crippen LogP contribution in [0, 0.1) is 23.3 Å². The lowest BCUT2D eigenvalue weighted by molar-refractivity contribution is 0.0587. The first-order chi connectivity index (χ1) is 13.0. The topological polar surface area (TPSA) is 35.5 Å². The summed E-state index contributed by atoms with van der Waals surface area (Å²) in [5.41, 5.74) is -2.63. The van der Waals surface area contributed by atoms with Crippen LogP contribution in [-0.4, -0.2) is 13.1 Å². The highest BCUT2D eigenvalue weighted by molar-refractivity contribution is 5.91. The molecule has 0 N–H and O–H groups in total. The summed E-state index contributed by atoms with van der Waals surface area (Å²) < 4.78 is 67.4. The third-order valence-electron chi connectivity index (χ3n) is 3.78. The second kappa shape index (κ2) is 7.49. The van der Waals surface area contributed by atoms with Crippen molar-refractivity contribution < 1.29 is 31.8 Å². The van der Waals surface area contributed by atoms with E-state index in [4.69, 9.17) is 4.74 Å². The molecule has 138 valence electrons. The highest BCUT2D eigenvalue weighted by Crippen LogP contribution is 2.38. The molecule has 27 heavy (non-hydrogen) atoms. The Hall–Kier alpha value is -3.35. The Morgan fingerprint density at radius 1 is 0.778 bits per heavy atom. The summed E-state index contributed by atoms with van der Waals surface area (Å²) in [6.45, 7) is 0. The number of ether oxygens (including phenoxy) is 2. The maximum Gasteiger partial charge on any atom is 0.344 e. The van der Waals surface area contributed by atoms with Crippen molar-refractivity contribution in [1.82, 2.24) is 0 Å². The minimum absolute atomic E-state index is 0.0221. The van der Waals surface area contributed by atoms with Crippen molar-refractivity contribution in [3.63, 3.8) is 0 Å². The summed E-state index contributed by atoms with van der Waals surface area (Å²) in [5.74, 6) is -8.32. The van der Waals surface area contributed by atoms with E-state index < -0.39 is 40.4 Å². The van der Waals surface area contributed by atoms with Crippen molar-refractivity contribution in [2.75, 3.05) is 7.11 Å². The van der Waals surface area contributed by atoms with Crippen LogP contribution in [0.2, 0.25) is 0 Å². The van der Waals surface area contributed by atoms with Gasteiger partial charge in [0.15, 0.2) is 23.3 Å². The van der Waals surface area contributed by atoms with Gasteiger partial charge in [0, 0.05) is 5.56 Å². The summed E-state index contributed by atoms with van der Waals surface area (Å²) in [7, 11) is 0.841. The van der Waals surface area contributed by atoms with Gasteiger partial charge in [0.05, 0.1) is 12.7 Å². The SMILES string of the molecule is COC(=O)c1c(F)c(F)c(-c2ccccc2Oc2ccccc2)c(F)c1F. The molecule has 7 heteroatoms. The van der Waals surface area contributed by atoms with Crippen molar-refractivity contribution in [3.05, 3.63) is 83.4 Å². The first-order valence-corrected chi connectivity index (χ1v) is 7.72. The van der Waals surface area contributed by atoms with Crippen LogP contribution in [0.1, 0.15) is 10.4 Å². The van der Waals surface area contributed by atoms with E-state index in [1.54, 1.807) is 30.3 Å². The summed E-state index contributed by atoms with van der Waals surface area (Å²) in [5, 5.41) is 0. The van der Waals surface area contributed by atoms with Crippen molar-refractivity contribution in [3.8, 4) is 22.6 Å². The van der Waals surface area contributed by atoms with Crippen LogP contribution in [0.15, 0.2) is 54.6 Å². The lowest BCUT2D eigenvalue weighted by Crippen LogP contribution is -2.13. The molecule has 0 radical (unpaired) electrons. The molecule has 3 rings (SSSR count). The minimum atomic E-state index is -1.84. The Morgan fingerprint density at radius 2 is 1.33 bits per heavy atom. The molecule has 0 saturated carbocycles. The Bertz CT molecular complexity index is 975. The molecule has 0 bridgehead atoms. The lowest BCUT2D eigenvalue weighted by Gasteiger charge is -2.14. The van der Waals surface area contributed by atoms with Gasteiger partial charge >= 0.3 is 5.97 Å². The average molecular weight is 376 g/mol. The maximum absolute atomic E-state index is 14.6. The number of benzene rings is 3. The minimum Gasteiger partial charge on any atom is -0.465 e. The van der Waals surface area contributed by atoms with Crippen molar-refractivity contribution in [2.24, 2.45) is 0 Å². The molecule has 3 aromatic rings. The molecule has 0 saturated heterocycles. The van der Waals surface area contributed by atoms with Crippen molar-refractivity contribution in [2.45, 2.75) is 0 Å². The number of esters is 1. The first-order valence-electron chi connectivity index (χ1n) is 7.72. The molecule has 0 amide bonds. The van der Waals surface area contributed by atoms with E-state index in [1.165, 1.54) is 24.3 Å². The van der Waals surface area contributed by atoms with Crippen LogP contribution in [0.5, 0.6) is 11.5 Å². The fourth-order valence-electron chi connectivity index (χ4n) is 2.53. The molecule has 0 heterocycles. The van der Waals surface area contributed by atoms with Gasteiger partial charge in [-0.15, -0.1) is 0 Å². The maximum atomic E-state index is 14.6. The number of rotatable bonds is 4. The number of para-hydroxylation sites is 2. The number of carbonyl (C=O) groups excluding carboxylic acids is 1. The zero-order valence-corrected chi connectivity index (χ0v) is 13.9. The second-order valence-corrected chi connectivity index (χ2v) is 5.41. The van der Waals surface area contributed by atoms with Crippen LogP contribution in [0.25, 0.3) is 11.1 Å². The summed E-state index contributed by atoms with van der Waals surface area (Å²) >= 11 is 0. The Labute approximate surface area is 151 Å². The molecule has 0 aromatic heterocycles. The van der Waals surface area contributed by atoms with E-state index in [2.05, 4.69) is 4.74 Å². The predicted molar refractivity (Wildman–Crippen MR) is 89.6 cm³/mol. The van der Waals surface area contributed by atoms with Crippen molar-refractivity contribution in [1.29, 1.82) is 0 Å². The number of methoxy groups -OCH3 is 1. The standard InChI is InChI=1S/C20H12F4O3/c1-26-20(25)15-18(23)16(21)14(17(22)19(15)24)12-9-5-6-10-13(12)27-11-7-3-2-4-8-11/h2-10H,1H3. The fourth-order valence-corrected chi connectivity index (χ4v) is 2.53. The summed E-state index contributed by atoms with van der Waals surface area (Å²) in [6.07, 6.45) is 0. The molecule has 3 nitrogen and oxygen atoms in total. The largest absolute Gasteiger partial charge is 0.465 e. The van der Waals surface area contributed by atoms with Gasteiger partial charge in [0.1, 0.15) is 17.1 Å². The van der Waals surface area contributed by atoms with Crippen LogP contribution < -0.4 is 4.74 Å². The van der Waals surface area contributed by atoms with Gasteiger partial charge in [-0.2, -0.15) is 0 Å². The highest BCUT2D eigenvalue weighted by Gasteiger charge is 2.31. The summed E-state index contributed by atoms with van der Waals surface area (Å²) in [4.78, 5) is 11.5. The molecule has 0 aliphatic heterocycles. The Morgan fingerprint density at radius 3 is 1.93 bits per heavy atom. The van der Waals surface area contributed by atoms with Gasteiger partial charge in [0.2, 0.25) is 0 Å². The molecular formula is C20H12F4O3. The molecule has 0 fully saturated rings. The molecule has 0 aliphatic carbocycles. The number of halogens is 4. The molecule has 3 aromatic carbocycles. The smallest absolute Gasteiger partial charge is 0.344 e. The van der Waals surface area contributed by atoms with Gasteiger partial charge in [-0.3, -0.25) is 0 Å². The van der Waals surface area contributed by atoms with Crippen molar-refractivity contribution >= 4 is 5.97 Å². The van der Waals surface area contributed by atoms with E-state index in [-0.39, 0.29) is 11.3 Å². The second-order valence-electron chi connectivity index (χ2n) is 5.41. The highest BCUT2D eigenvalue weighted by atomic mass is 19.2. The van der Waals surface area contributed by atoms with E-state index >= 15 is 0 Å². The third-order valence-corrected chi connectivity index (χ3v) is 3.78. The fraction of sp³-hybridized carbons (Fsp3) is 0.0500. The van der Waals surface area contributed by atoms with Gasteiger partial charge in [-0.05, 0) is 18.2 Å². The van der Waals surface area contributed by atoms with Gasteiger partial charge in [0.25, 0.3) is 0 Å². The zero-order chi connectivity index (χ0) is 19.6. The number of hydrogen-bond donors (Lipinski definition) is 0. The Kier molecular flexibility index (Phi) is 5.12. The molecule has 0 aliphatic rings. The predicted octanol–water partition coefficient (Wildman–Crippen LogP) is 5.49. The number of hydrogen-bond acceptors (Lipinski definition) is 3. The zero-order valence-electron chi connectivity index (χ0n) is 13.9.